The molecule has 3 aromatic rings. The van der Waals surface area contributed by atoms with Crippen LogP contribution in [0.5, 0.6) is 17.2 Å². The molecule has 0 heterocycles. The van der Waals surface area contributed by atoms with Crippen LogP contribution >= 0.6 is 15.9 Å². The quantitative estimate of drug-likeness (QED) is 0.157. The van der Waals surface area contributed by atoms with Gasteiger partial charge in [-0.05, 0) is 85.6 Å². The highest BCUT2D eigenvalue weighted by atomic mass is 79.9. The van der Waals surface area contributed by atoms with Crippen molar-refractivity contribution in [2.24, 2.45) is 5.10 Å². The number of hydrazone groups is 1. The maximum absolute atomic E-state index is 12.2. The van der Waals surface area contributed by atoms with Crippen LogP contribution < -0.4 is 30.3 Å². The van der Waals surface area contributed by atoms with Crippen molar-refractivity contribution < 1.29 is 28.6 Å². The first-order chi connectivity index (χ1) is 18.9. The average molecular weight is 597 g/mol. The smallest absolute Gasteiger partial charge is 0.329 e. The Hall–Kier alpha value is -4.38. The second kappa shape index (κ2) is 15.1. The Bertz CT molecular complexity index is 1300. The fourth-order valence-electron chi connectivity index (χ4n) is 3.12. The van der Waals surface area contributed by atoms with Crippen LogP contribution in [0.1, 0.15) is 25.8 Å². The van der Waals surface area contributed by atoms with Gasteiger partial charge in [0.15, 0.2) is 18.1 Å². The third kappa shape index (κ3) is 9.78. The summed E-state index contributed by atoms with van der Waals surface area (Å²) >= 11 is 3.35. The van der Waals surface area contributed by atoms with E-state index in [2.05, 4.69) is 37.1 Å². The topological polar surface area (TPSA) is 127 Å². The van der Waals surface area contributed by atoms with Crippen LogP contribution in [0, 0.1) is 0 Å². The molecule has 0 saturated heterocycles. The summed E-state index contributed by atoms with van der Waals surface area (Å²) in [5.41, 5.74) is 3.86. The Kier molecular flexibility index (Phi) is 11.3. The zero-order valence-electron chi connectivity index (χ0n) is 21.5. The van der Waals surface area contributed by atoms with Gasteiger partial charge in [-0.3, -0.25) is 14.4 Å². The van der Waals surface area contributed by atoms with Crippen LogP contribution in [0.3, 0.4) is 0 Å². The molecule has 0 radical (unpaired) electrons. The third-order valence-corrected chi connectivity index (χ3v) is 5.45. The highest BCUT2D eigenvalue weighted by Gasteiger charge is 2.13. The van der Waals surface area contributed by atoms with Crippen LogP contribution in [0.25, 0.3) is 0 Å². The van der Waals surface area contributed by atoms with E-state index in [0.717, 1.165) is 10.9 Å². The van der Waals surface area contributed by atoms with Crippen molar-refractivity contribution >= 4 is 51.2 Å². The van der Waals surface area contributed by atoms with Gasteiger partial charge in [0.25, 0.3) is 5.91 Å². The van der Waals surface area contributed by atoms with Gasteiger partial charge in [-0.25, -0.2) is 5.43 Å². The van der Waals surface area contributed by atoms with Gasteiger partial charge in [-0.1, -0.05) is 22.9 Å². The molecule has 0 atom stereocenters. The molecule has 3 aromatic carbocycles. The summed E-state index contributed by atoms with van der Waals surface area (Å²) in [4.78, 5) is 36.5. The zero-order chi connectivity index (χ0) is 28.0. The van der Waals surface area contributed by atoms with E-state index in [-0.39, 0.29) is 12.5 Å². The minimum absolute atomic E-state index is 0.219. The lowest BCUT2D eigenvalue weighted by Gasteiger charge is -2.12. The van der Waals surface area contributed by atoms with Gasteiger partial charge in [-0.15, -0.1) is 0 Å². The molecule has 3 N–H and O–H groups in total. The van der Waals surface area contributed by atoms with E-state index in [9.17, 15) is 14.4 Å². The molecule has 0 spiro atoms. The van der Waals surface area contributed by atoms with E-state index >= 15 is 0 Å². The molecular formula is C28H29BrN4O6. The summed E-state index contributed by atoms with van der Waals surface area (Å²) in [7, 11) is 0. The van der Waals surface area contributed by atoms with E-state index in [0.29, 0.717) is 47.4 Å². The number of amides is 3. The first-order valence-corrected chi connectivity index (χ1v) is 13.0. The van der Waals surface area contributed by atoms with E-state index < -0.39 is 11.8 Å². The second-order valence-corrected chi connectivity index (χ2v) is 8.92. The molecule has 0 bridgehead atoms. The number of nitrogens with one attached hydrogen (secondary N) is 3. The van der Waals surface area contributed by atoms with Crippen molar-refractivity contribution in [3.63, 3.8) is 0 Å². The summed E-state index contributed by atoms with van der Waals surface area (Å²) in [5.74, 6) is -0.681. The van der Waals surface area contributed by atoms with Crippen LogP contribution in [0.2, 0.25) is 0 Å². The third-order valence-electron chi connectivity index (χ3n) is 4.93. The van der Waals surface area contributed by atoms with Crippen LogP contribution in [-0.2, 0) is 14.4 Å². The molecule has 0 aromatic heterocycles. The molecule has 3 amide bonds. The van der Waals surface area contributed by atoms with Crippen molar-refractivity contribution in [2.45, 2.75) is 20.3 Å². The van der Waals surface area contributed by atoms with E-state index in [4.69, 9.17) is 14.2 Å². The average Bonchev–Trinajstić information content (AvgIpc) is 2.93. The van der Waals surface area contributed by atoms with Gasteiger partial charge in [-0.2, -0.15) is 5.10 Å². The number of hydrogen-bond donors (Lipinski definition) is 3. The summed E-state index contributed by atoms with van der Waals surface area (Å²) in [6, 6.07) is 18.8. The fraction of sp³-hybridized carbons (Fsp3) is 0.214. The van der Waals surface area contributed by atoms with Crippen molar-refractivity contribution in [3.8, 4) is 17.2 Å². The predicted octanol–water partition coefficient (Wildman–Crippen LogP) is 4.74. The molecular weight excluding hydrogens is 568 g/mol. The van der Waals surface area contributed by atoms with Crippen molar-refractivity contribution in [1.82, 2.24) is 5.43 Å². The summed E-state index contributed by atoms with van der Waals surface area (Å²) in [6.45, 7) is 4.56. The van der Waals surface area contributed by atoms with Gasteiger partial charge in [0.1, 0.15) is 5.75 Å². The molecule has 0 fully saturated rings. The highest BCUT2D eigenvalue weighted by Crippen LogP contribution is 2.28. The fourth-order valence-corrected chi connectivity index (χ4v) is 3.39. The lowest BCUT2D eigenvalue weighted by atomic mass is 10.2. The van der Waals surface area contributed by atoms with Crippen LogP contribution in [-0.4, -0.2) is 43.8 Å². The monoisotopic (exact) mass is 596 g/mol. The summed E-state index contributed by atoms with van der Waals surface area (Å²) in [5, 5.41) is 9.09. The van der Waals surface area contributed by atoms with Crippen LogP contribution in [0.15, 0.2) is 76.3 Å². The second-order valence-electron chi connectivity index (χ2n) is 8.01. The lowest BCUT2D eigenvalue weighted by molar-refractivity contribution is -0.136. The molecule has 0 aliphatic rings. The van der Waals surface area contributed by atoms with Crippen molar-refractivity contribution in [3.05, 3.63) is 76.8 Å². The lowest BCUT2D eigenvalue weighted by Crippen LogP contribution is -2.32. The molecule has 0 saturated carbocycles. The Morgan fingerprint density at radius 3 is 2.21 bits per heavy atom. The van der Waals surface area contributed by atoms with E-state index in [1.165, 1.54) is 6.21 Å². The van der Waals surface area contributed by atoms with E-state index in [1.54, 1.807) is 54.6 Å². The highest BCUT2D eigenvalue weighted by molar-refractivity contribution is 9.10. The number of carbonyl (C=O) groups excluding carboxylic acids is 3. The molecule has 204 valence electrons. The molecule has 0 aliphatic heterocycles. The SMILES string of the molecule is CCCOc1ccc(NC(=O)C(=O)N/N=C\c2ccc(OCC(=O)Nc3ccc(Br)cc3)c(OCC)c2)cc1. The number of halogens is 1. The van der Waals surface area contributed by atoms with Gasteiger partial charge >= 0.3 is 11.8 Å². The van der Waals surface area contributed by atoms with Crippen molar-refractivity contribution in [2.75, 3.05) is 30.5 Å². The Labute approximate surface area is 234 Å². The summed E-state index contributed by atoms with van der Waals surface area (Å²) in [6.07, 6.45) is 2.24. The molecule has 0 unspecified atom stereocenters. The van der Waals surface area contributed by atoms with Gasteiger partial charge < -0.3 is 24.8 Å². The molecule has 10 nitrogen and oxygen atoms in total. The van der Waals surface area contributed by atoms with Gasteiger partial charge in [0.2, 0.25) is 0 Å². The van der Waals surface area contributed by atoms with Gasteiger partial charge in [0.05, 0.1) is 19.4 Å². The number of ether oxygens (including phenoxy) is 3. The standard InChI is InChI=1S/C28H29BrN4O6/c1-3-15-38-23-12-10-22(11-13-23)32-27(35)28(36)33-30-17-19-5-14-24(25(16-19)37-4-2)39-18-26(34)31-21-8-6-20(29)7-9-21/h5-14,16-17H,3-4,15,18H2,1-2H3,(H,31,34)(H,32,35)(H,33,36)/b30-17-. The van der Waals surface area contributed by atoms with Gasteiger partial charge in [0, 0.05) is 15.8 Å². The number of hydrogen-bond acceptors (Lipinski definition) is 7. The Balaban J connectivity index is 1.51. The largest absolute Gasteiger partial charge is 0.494 e. The molecule has 3 rings (SSSR count). The first-order valence-electron chi connectivity index (χ1n) is 12.2. The Morgan fingerprint density at radius 2 is 1.51 bits per heavy atom. The maximum atomic E-state index is 12.2. The minimum Gasteiger partial charge on any atom is -0.494 e. The van der Waals surface area contributed by atoms with E-state index in [1.807, 2.05) is 26.0 Å². The van der Waals surface area contributed by atoms with Crippen LogP contribution in [0.4, 0.5) is 11.4 Å². The predicted molar refractivity (Wildman–Crippen MR) is 152 cm³/mol. The zero-order valence-corrected chi connectivity index (χ0v) is 23.1. The minimum atomic E-state index is -0.931. The molecule has 39 heavy (non-hydrogen) atoms. The Morgan fingerprint density at radius 1 is 0.821 bits per heavy atom. The first kappa shape index (κ1) is 29.2. The number of anilines is 2. The van der Waals surface area contributed by atoms with Crippen molar-refractivity contribution in [1.29, 1.82) is 0 Å². The molecule has 11 heteroatoms. The summed E-state index contributed by atoms with van der Waals surface area (Å²) < 4.78 is 17.7. The number of carbonyl (C=O) groups is 3. The number of rotatable bonds is 12. The maximum Gasteiger partial charge on any atom is 0.329 e. The normalized spacial score (nSPS) is 10.5. The number of nitrogens with zero attached hydrogens (tertiary/aromatic N) is 1. The number of benzene rings is 3. The molecule has 0 aliphatic carbocycles.